The number of rotatable bonds is 4. The maximum atomic E-state index is 6.82. The minimum Gasteiger partial charge on any atom is -0.374 e. The van der Waals surface area contributed by atoms with Gasteiger partial charge in [-0.2, -0.15) is 0 Å². The van der Waals surface area contributed by atoms with Crippen LogP contribution in [0.15, 0.2) is 0 Å². The van der Waals surface area contributed by atoms with Crippen molar-refractivity contribution >= 4 is 0 Å². The van der Waals surface area contributed by atoms with Crippen LogP contribution in [0.25, 0.3) is 0 Å². The largest absolute Gasteiger partial charge is 0.374 e. The highest BCUT2D eigenvalue weighted by atomic mass is 16.5. The van der Waals surface area contributed by atoms with Crippen molar-refractivity contribution in [3.8, 4) is 0 Å². The summed E-state index contributed by atoms with van der Waals surface area (Å²) in [4.78, 5) is 0. The Morgan fingerprint density at radius 3 is 2.19 bits per heavy atom. The summed E-state index contributed by atoms with van der Waals surface area (Å²) in [5.74, 6) is 2.33. The molecule has 0 radical (unpaired) electrons. The molecule has 0 aromatic carbocycles. The van der Waals surface area contributed by atoms with Crippen LogP contribution in [0.2, 0.25) is 0 Å². The first-order chi connectivity index (χ1) is 9.80. The van der Waals surface area contributed by atoms with Gasteiger partial charge in [0.2, 0.25) is 0 Å². The SMILES string of the molecule is CCOC1(C(N)C2CCC(C)C(C)C2)CCC(C)(C)CC1. The van der Waals surface area contributed by atoms with Gasteiger partial charge in [-0.25, -0.2) is 0 Å². The van der Waals surface area contributed by atoms with Gasteiger partial charge in [0, 0.05) is 12.6 Å². The molecule has 4 unspecified atom stereocenters. The van der Waals surface area contributed by atoms with Gasteiger partial charge in [0.25, 0.3) is 0 Å². The third-order valence-corrected chi connectivity index (χ3v) is 6.64. The van der Waals surface area contributed by atoms with Crippen molar-refractivity contribution in [3.05, 3.63) is 0 Å². The van der Waals surface area contributed by atoms with E-state index in [1.54, 1.807) is 0 Å². The fraction of sp³-hybridized carbons (Fsp3) is 1.00. The lowest BCUT2D eigenvalue weighted by atomic mass is 9.63. The van der Waals surface area contributed by atoms with Crippen LogP contribution >= 0.6 is 0 Å². The van der Waals surface area contributed by atoms with E-state index in [-0.39, 0.29) is 11.6 Å². The van der Waals surface area contributed by atoms with Gasteiger partial charge < -0.3 is 10.5 Å². The van der Waals surface area contributed by atoms with Crippen molar-refractivity contribution in [3.63, 3.8) is 0 Å². The first kappa shape index (κ1) is 17.3. The van der Waals surface area contributed by atoms with Gasteiger partial charge in [0.15, 0.2) is 0 Å². The monoisotopic (exact) mass is 295 g/mol. The summed E-state index contributed by atoms with van der Waals surface area (Å²) in [5.41, 5.74) is 7.24. The van der Waals surface area contributed by atoms with Crippen molar-refractivity contribution in [1.29, 1.82) is 0 Å². The summed E-state index contributed by atoms with van der Waals surface area (Å²) in [6.45, 7) is 12.5. The van der Waals surface area contributed by atoms with E-state index in [0.717, 1.165) is 31.3 Å². The zero-order chi connectivity index (χ0) is 15.7. The highest BCUT2D eigenvalue weighted by Gasteiger charge is 2.46. The maximum absolute atomic E-state index is 6.82. The predicted octanol–water partition coefficient (Wildman–Crippen LogP) is 4.76. The van der Waals surface area contributed by atoms with Gasteiger partial charge >= 0.3 is 0 Å². The summed E-state index contributed by atoms with van der Waals surface area (Å²) >= 11 is 0. The van der Waals surface area contributed by atoms with Crippen molar-refractivity contribution < 1.29 is 4.74 Å². The molecule has 2 nitrogen and oxygen atoms in total. The minimum atomic E-state index is -0.0464. The fourth-order valence-electron chi connectivity index (χ4n) is 4.56. The molecule has 0 heterocycles. The van der Waals surface area contributed by atoms with Crippen LogP contribution in [-0.4, -0.2) is 18.2 Å². The Hall–Kier alpha value is -0.0800. The first-order valence-corrected chi connectivity index (χ1v) is 9.19. The Kier molecular flexibility index (Phi) is 5.41. The van der Waals surface area contributed by atoms with Gasteiger partial charge in [-0.1, -0.05) is 34.1 Å². The van der Waals surface area contributed by atoms with Gasteiger partial charge in [0.1, 0.15) is 0 Å². The Morgan fingerprint density at radius 2 is 1.67 bits per heavy atom. The van der Waals surface area contributed by atoms with E-state index < -0.39 is 0 Å². The molecule has 2 fully saturated rings. The number of hydrogen-bond donors (Lipinski definition) is 1. The molecule has 124 valence electrons. The van der Waals surface area contributed by atoms with E-state index in [4.69, 9.17) is 10.5 Å². The molecule has 2 saturated carbocycles. The van der Waals surface area contributed by atoms with Gasteiger partial charge in [-0.15, -0.1) is 0 Å². The average Bonchev–Trinajstić information content (AvgIpc) is 2.44. The molecule has 21 heavy (non-hydrogen) atoms. The molecule has 2 rings (SSSR count). The third kappa shape index (κ3) is 3.82. The normalized spacial score (nSPS) is 37.1. The number of ether oxygens (including phenoxy) is 1. The third-order valence-electron chi connectivity index (χ3n) is 6.64. The molecule has 2 aliphatic rings. The van der Waals surface area contributed by atoms with Crippen molar-refractivity contribution in [2.75, 3.05) is 6.61 Å². The van der Waals surface area contributed by atoms with E-state index in [2.05, 4.69) is 34.6 Å². The van der Waals surface area contributed by atoms with Gasteiger partial charge in [0.05, 0.1) is 5.60 Å². The lowest BCUT2D eigenvalue weighted by Gasteiger charge is -2.50. The second-order valence-electron chi connectivity index (χ2n) is 8.72. The summed E-state index contributed by atoms with van der Waals surface area (Å²) in [5, 5.41) is 0. The Labute approximate surface area is 132 Å². The number of nitrogens with two attached hydrogens (primary N) is 1. The molecule has 0 saturated heterocycles. The highest BCUT2D eigenvalue weighted by molar-refractivity contribution is 5.01. The van der Waals surface area contributed by atoms with Crippen LogP contribution in [0.3, 0.4) is 0 Å². The predicted molar refractivity (Wildman–Crippen MR) is 90.3 cm³/mol. The highest BCUT2D eigenvalue weighted by Crippen LogP contribution is 2.47. The van der Waals surface area contributed by atoms with E-state index in [1.165, 1.54) is 32.1 Å². The molecule has 0 amide bonds. The minimum absolute atomic E-state index is 0.0464. The van der Waals surface area contributed by atoms with Crippen LogP contribution in [0.1, 0.15) is 79.6 Å². The second-order valence-corrected chi connectivity index (χ2v) is 8.72. The lowest BCUT2D eigenvalue weighted by molar-refractivity contribution is -0.114. The Bertz CT molecular complexity index is 328. The lowest BCUT2D eigenvalue weighted by Crippen LogP contribution is -2.57. The van der Waals surface area contributed by atoms with Crippen LogP contribution in [0.5, 0.6) is 0 Å². The zero-order valence-corrected chi connectivity index (χ0v) is 15.0. The zero-order valence-electron chi connectivity index (χ0n) is 15.0. The van der Waals surface area contributed by atoms with E-state index in [0.29, 0.717) is 11.3 Å². The van der Waals surface area contributed by atoms with Crippen LogP contribution in [0.4, 0.5) is 0 Å². The van der Waals surface area contributed by atoms with Gasteiger partial charge in [-0.3, -0.25) is 0 Å². The molecule has 4 atom stereocenters. The Morgan fingerprint density at radius 1 is 1.05 bits per heavy atom. The van der Waals surface area contributed by atoms with Crippen molar-refractivity contribution in [2.45, 2.75) is 91.2 Å². The van der Waals surface area contributed by atoms with E-state index in [1.807, 2.05) is 0 Å². The van der Waals surface area contributed by atoms with Crippen LogP contribution < -0.4 is 5.73 Å². The number of hydrogen-bond acceptors (Lipinski definition) is 2. The maximum Gasteiger partial charge on any atom is 0.0835 e. The second kappa shape index (κ2) is 6.58. The molecule has 2 heteroatoms. The quantitative estimate of drug-likeness (QED) is 0.811. The summed E-state index contributed by atoms with van der Waals surface area (Å²) in [6, 6.07) is 0.225. The molecule has 0 aromatic rings. The van der Waals surface area contributed by atoms with E-state index >= 15 is 0 Å². The molecule has 0 aromatic heterocycles. The summed E-state index contributed by atoms with van der Waals surface area (Å²) < 4.78 is 6.32. The van der Waals surface area contributed by atoms with Crippen molar-refractivity contribution in [1.82, 2.24) is 0 Å². The topological polar surface area (TPSA) is 35.2 Å². The summed E-state index contributed by atoms with van der Waals surface area (Å²) in [6.07, 6.45) is 8.72. The average molecular weight is 296 g/mol. The van der Waals surface area contributed by atoms with Crippen molar-refractivity contribution in [2.24, 2.45) is 28.9 Å². The molecule has 0 bridgehead atoms. The molecular formula is C19H37NO. The molecule has 0 spiro atoms. The first-order valence-electron chi connectivity index (χ1n) is 9.19. The Balaban J connectivity index is 2.07. The smallest absolute Gasteiger partial charge is 0.0835 e. The molecule has 0 aliphatic heterocycles. The fourth-order valence-corrected chi connectivity index (χ4v) is 4.56. The molecular weight excluding hydrogens is 258 g/mol. The molecule has 2 N–H and O–H groups in total. The standard InChI is InChI=1S/C19H37NO/c1-6-21-19(11-9-18(4,5)10-12-19)17(20)16-8-7-14(2)15(3)13-16/h14-17H,6-13,20H2,1-5H3. The van der Waals surface area contributed by atoms with Crippen LogP contribution in [-0.2, 0) is 4.74 Å². The van der Waals surface area contributed by atoms with E-state index in [9.17, 15) is 0 Å². The van der Waals surface area contributed by atoms with Gasteiger partial charge in [-0.05, 0) is 68.6 Å². The van der Waals surface area contributed by atoms with Crippen LogP contribution in [0, 0.1) is 23.2 Å². The summed E-state index contributed by atoms with van der Waals surface area (Å²) in [7, 11) is 0. The molecule has 2 aliphatic carbocycles.